The molecular formula is C21H26N2O4S. The monoisotopic (exact) mass is 402 g/mol. The first-order chi connectivity index (χ1) is 13.6. The number of methoxy groups -OCH3 is 2. The van der Waals surface area contributed by atoms with Gasteiger partial charge in [-0.3, -0.25) is 9.59 Å². The molecule has 1 aromatic heterocycles. The van der Waals surface area contributed by atoms with Gasteiger partial charge in [-0.25, -0.2) is 0 Å². The second-order valence-corrected chi connectivity index (χ2v) is 7.50. The number of rotatable bonds is 8. The third-order valence-corrected chi connectivity index (χ3v) is 5.69. The van der Waals surface area contributed by atoms with E-state index in [1.807, 2.05) is 33.9 Å². The van der Waals surface area contributed by atoms with Gasteiger partial charge >= 0.3 is 0 Å². The molecule has 1 fully saturated rings. The number of nitrogens with one attached hydrogen (secondary N) is 1. The van der Waals surface area contributed by atoms with E-state index < -0.39 is 0 Å². The van der Waals surface area contributed by atoms with Crippen LogP contribution in [0.4, 0.5) is 0 Å². The number of carbonyl (C=O) groups is 2. The van der Waals surface area contributed by atoms with Crippen molar-refractivity contribution < 1.29 is 19.1 Å². The minimum atomic E-state index is -0.0873. The number of ether oxygens (including phenoxy) is 2. The summed E-state index contributed by atoms with van der Waals surface area (Å²) in [6.45, 7) is 1.24. The van der Waals surface area contributed by atoms with Crippen LogP contribution in [-0.2, 0) is 4.79 Å². The molecular weight excluding hydrogens is 376 g/mol. The average molecular weight is 403 g/mol. The van der Waals surface area contributed by atoms with Gasteiger partial charge in [-0.05, 0) is 42.8 Å². The molecule has 28 heavy (non-hydrogen) atoms. The van der Waals surface area contributed by atoms with Gasteiger partial charge in [0.25, 0.3) is 5.91 Å². The molecule has 3 rings (SSSR count). The minimum Gasteiger partial charge on any atom is -0.497 e. The third kappa shape index (κ3) is 4.65. The van der Waals surface area contributed by atoms with E-state index in [-0.39, 0.29) is 17.9 Å². The van der Waals surface area contributed by atoms with Crippen LogP contribution in [0.25, 0.3) is 0 Å². The van der Waals surface area contributed by atoms with Crippen molar-refractivity contribution in [2.45, 2.75) is 31.7 Å². The van der Waals surface area contributed by atoms with E-state index >= 15 is 0 Å². The molecule has 1 aliphatic rings. The lowest BCUT2D eigenvalue weighted by Gasteiger charge is -2.26. The van der Waals surface area contributed by atoms with Gasteiger partial charge in [0.1, 0.15) is 11.5 Å². The summed E-state index contributed by atoms with van der Waals surface area (Å²) < 4.78 is 10.8. The Hall–Kier alpha value is -2.54. The quantitative estimate of drug-likeness (QED) is 0.685. The number of carbonyl (C=O) groups excluding carboxylic acids is 2. The smallest absolute Gasteiger partial charge is 0.252 e. The van der Waals surface area contributed by atoms with Crippen LogP contribution >= 0.6 is 11.3 Å². The lowest BCUT2D eigenvalue weighted by atomic mass is 10.0. The van der Waals surface area contributed by atoms with E-state index in [1.165, 1.54) is 11.3 Å². The first kappa shape index (κ1) is 20.2. The zero-order valence-corrected chi connectivity index (χ0v) is 17.1. The summed E-state index contributed by atoms with van der Waals surface area (Å²) in [4.78, 5) is 26.7. The first-order valence-electron chi connectivity index (χ1n) is 9.46. The summed E-state index contributed by atoms with van der Waals surface area (Å²) >= 11 is 1.49. The van der Waals surface area contributed by atoms with Crippen LogP contribution in [0.5, 0.6) is 11.5 Å². The van der Waals surface area contributed by atoms with Crippen molar-refractivity contribution in [2.24, 2.45) is 0 Å². The molecule has 0 unspecified atom stereocenters. The van der Waals surface area contributed by atoms with E-state index in [1.54, 1.807) is 20.3 Å². The van der Waals surface area contributed by atoms with Crippen molar-refractivity contribution in [3.63, 3.8) is 0 Å². The molecule has 0 radical (unpaired) electrons. The van der Waals surface area contributed by atoms with Crippen LogP contribution < -0.4 is 14.8 Å². The summed E-state index contributed by atoms with van der Waals surface area (Å²) in [5.41, 5.74) is 1.68. The molecule has 7 heteroatoms. The molecule has 2 amide bonds. The Bertz CT molecular complexity index is 807. The van der Waals surface area contributed by atoms with Gasteiger partial charge in [0.2, 0.25) is 5.91 Å². The van der Waals surface area contributed by atoms with Crippen molar-refractivity contribution in [3.8, 4) is 11.5 Å². The topological polar surface area (TPSA) is 67.9 Å². The number of hydrogen-bond donors (Lipinski definition) is 1. The molecule has 2 aromatic rings. The second-order valence-electron chi connectivity index (χ2n) is 6.72. The maximum Gasteiger partial charge on any atom is 0.252 e. The molecule has 1 aliphatic heterocycles. The predicted octanol–water partition coefficient (Wildman–Crippen LogP) is 3.64. The molecule has 0 bridgehead atoms. The van der Waals surface area contributed by atoms with Crippen LogP contribution in [0, 0.1) is 0 Å². The third-order valence-electron chi connectivity index (χ3n) is 5.01. The van der Waals surface area contributed by atoms with Gasteiger partial charge in [0.15, 0.2) is 0 Å². The van der Waals surface area contributed by atoms with Crippen LogP contribution in [0.3, 0.4) is 0 Å². The van der Waals surface area contributed by atoms with Gasteiger partial charge < -0.3 is 19.7 Å². The molecule has 1 saturated heterocycles. The first-order valence-corrected chi connectivity index (χ1v) is 10.4. The Balaban J connectivity index is 1.55. The normalized spacial score (nSPS) is 16.1. The van der Waals surface area contributed by atoms with Crippen LogP contribution in [-0.4, -0.2) is 44.0 Å². The van der Waals surface area contributed by atoms with Crippen LogP contribution in [0.2, 0.25) is 0 Å². The molecule has 1 atom stereocenters. The standard InChI is InChI=1S/C21H26N2O4S/c1-26-16-7-8-17(19(13-16)27-2)18-5-4-11-23(18)20(24)6-3-10-22-21(25)15-9-12-28-14-15/h7-9,12-14,18H,3-6,10-11H2,1-2H3,(H,22,25)/t18-/m0/s1. The molecule has 0 saturated carbocycles. The SMILES string of the molecule is COc1ccc([C@@H]2CCCN2C(=O)CCCNC(=O)c2ccsc2)c(OC)c1. The number of nitrogens with zero attached hydrogens (tertiary/aromatic N) is 1. The highest BCUT2D eigenvalue weighted by molar-refractivity contribution is 7.08. The van der Waals surface area contributed by atoms with Gasteiger partial charge in [0, 0.05) is 42.1 Å². The van der Waals surface area contributed by atoms with E-state index in [4.69, 9.17) is 9.47 Å². The Morgan fingerprint density at radius 3 is 2.82 bits per heavy atom. The highest BCUT2D eigenvalue weighted by Crippen LogP contribution is 2.39. The fourth-order valence-electron chi connectivity index (χ4n) is 3.56. The average Bonchev–Trinajstić information content (AvgIpc) is 3.42. The van der Waals surface area contributed by atoms with Gasteiger partial charge in [-0.15, -0.1) is 0 Å². The zero-order chi connectivity index (χ0) is 19.9. The largest absolute Gasteiger partial charge is 0.497 e. The van der Waals surface area contributed by atoms with Crippen molar-refractivity contribution in [1.82, 2.24) is 10.2 Å². The second kappa shape index (κ2) is 9.59. The van der Waals surface area contributed by atoms with Crippen molar-refractivity contribution >= 4 is 23.2 Å². The molecule has 0 spiro atoms. The van der Waals surface area contributed by atoms with E-state index in [9.17, 15) is 9.59 Å². The summed E-state index contributed by atoms with van der Waals surface area (Å²) in [6.07, 6.45) is 2.93. The fourth-order valence-corrected chi connectivity index (χ4v) is 4.20. The number of likely N-dealkylation sites (tertiary alicyclic amines) is 1. The van der Waals surface area contributed by atoms with Crippen molar-refractivity contribution in [1.29, 1.82) is 0 Å². The Morgan fingerprint density at radius 1 is 1.25 bits per heavy atom. The van der Waals surface area contributed by atoms with Gasteiger partial charge in [-0.2, -0.15) is 11.3 Å². The van der Waals surface area contributed by atoms with Crippen LogP contribution in [0.1, 0.15) is 47.6 Å². The minimum absolute atomic E-state index is 0.0220. The number of amides is 2. The number of thiophene rings is 1. The highest BCUT2D eigenvalue weighted by atomic mass is 32.1. The van der Waals surface area contributed by atoms with E-state index in [2.05, 4.69) is 5.32 Å². The molecule has 1 aromatic carbocycles. The lowest BCUT2D eigenvalue weighted by Crippen LogP contribution is -2.31. The zero-order valence-electron chi connectivity index (χ0n) is 16.3. The van der Waals surface area contributed by atoms with E-state index in [0.717, 1.165) is 36.4 Å². The van der Waals surface area contributed by atoms with Crippen molar-refractivity contribution in [2.75, 3.05) is 27.3 Å². The summed E-state index contributed by atoms with van der Waals surface area (Å²) in [5, 5.41) is 6.56. The maximum absolute atomic E-state index is 12.8. The molecule has 150 valence electrons. The highest BCUT2D eigenvalue weighted by Gasteiger charge is 2.31. The van der Waals surface area contributed by atoms with Crippen molar-refractivity contribution in [3.05, 3.63) is 46.2 Å². The summed E-state index contributed by atoms with van der Waals surface area (Å²) in [6, 6.07) is 7.56. The summed E-state index contributed by atoms with van der Waals surface area (Å²) in [7, 11) is 3.26. The van der Waals surface area contributed by atoms with Gasteiger partial charge in [0.05, 0.1) is 20.3 Å². The molecule has 0 aliphatic carbocycles. The Labute approximate surface area is 169 Å². The number of hydrogen-bond acceptors (Lipinski definition) is 5. The fraction of sp³-hybridized carbons (Fsp3) is 0.429. The predicted molar refractivity (Wildman–Crippen MR) is 109 cm³/mol. The Kier molecular flexibility index (Phi) is 6.92. The lowest BCUT2D eigenvalue weighted by molar-refractivity contribution is -0.132. The van der Waals surface area contributed by atoms with Gasteiger partial charge in [-0.1, -0.05) is 0 Å². The number of benzene rings is 1. The molecule has 6 nitrogen and oxygen atoms in total. The van der Waals surface area contributed by atoms with Crippen LogP contribution in [0.15, 0.2) is 35.0 Å². The molecule has 2 heterocycles. The summed E-state index contributed by atoms with van der Waals surface area (Å²) in [5.74, 6) is 1.51. The Morgan fingerprint density at radius 2 is 2.11 bits per heavy atom. The maximum atomic E-state index is 12.8. The molecule has 1 N–H and O–H groups in total. The van der Waals surface area contributed by atoms with E-state index in [0.29, 0.717) is 24.9 Å².